The maximum Gasteiger partial charge on any atom is 0.231 e. The van der Waals surface area contributed by atoms with Crippen molar-refractivity contribution >= 4 is 60.7 Å². The van der Waals surface area contributed by atoms with Crippen molar-refractivity contribution in [3.63, 3.8) is 0 Å². The Morgan fingerprint density at radius 2 is 2.04 bits per heavy atom. The summed E-state index contributed by atoms with van der Waals surface area (Å²) >= 11 is 5.11. The molecule has 27 heavy (non-hydrogen) atoms. The van der Waals surface area contributed by atoms with Crippen molar-refractivity contribution in [2.24, 2.45) is 0 Å². The third-order valence-corrected chi connectivity index (χ3v) is 5.52. The van der Waals surface area contributed by atoms with Gasteiger partial charge < -0.3 is 14.8 Å². The lowest BCUT2D eigenvalue weighted by Gasteiger charge is -2.04. The molecule has 6 nitrogen and oxygen atoms in total. The number of benzene rings is 1. The number of halogens is 2. The maximum absolute atomic E-state index is 5.42. The van der Waals surface area contributed by atoms with E-state index in [9.17, 15) is 0 Å². The van der Waals surface area contributed by atoms with Crippen molar-refractivity contribution in [3.05, 3.63) is 52.1 Å². The average molecular weight is 510 g/mol. The Hall–Kier alpha value is -2.10. The highest BCUT2D eigenvalue weighted by atomic mass is 79.9. The van der Waals surface area contributed by atoms with E-state index in [1.165, 1.54) is 0 Å². The molecule has 0 saturated carbocycles. The van der Waals surface area contributed by atoms with Crippen LogP contribution in [0.1, 0.15) is 5.69 Å². The van der Waals surface area contributed by atoms with Gasteiger partial charge in [0.05, 0.1) is 15.9 Å². The topological polar surface area (TPSA) is 60.7 Å². The second-order valence-corrected chi connectivity index (χ2v) is 7.54. The zero-order valence-corrected chi connectivity index (χ0v) is 18.2. The monoisotopic (exact) mass is 508 g/mol. The lowest BCUT2D eigenvalue weighted by Crippen LogP contribution is -1.93. The highest BCUT2D eigenvalue weighted by Gasteiger charge is 2.17. The van der Waals surface area contributed by atoms with Crippen LogP contribution < -0.4 is 14.8 Å². The van der Waals surface area contributed by atoms with Crippen molar-refractivity contribution in [3.8, 4) is 22.9 Å². The first-order valence-electron chi connectivity index (χ1n) is 7.95. The summed E-state index contributed by atoms with van der Waals surface area (Å²) in [6.45, 7) is 2.27. The summed E-state index contributed by atoms with van der Waals surface area (Å²) in [5.74, 6) is 1.51. The van der Waals surface area contributed by atoms with E-state index in [2.05, 4.69) is 30.6 Å². The van der Waals surface area contributed by atoms with Crippen LogP contribution in [0.5, 0.6) is 11.5 Å². The second kappa shape index (κ2) is 7.14. The summed E-state index contributed by atoms with van der Waals surface area (Å²) in [7, 11) is 0. The van der Waals surface area contributed by atoms with E-state index in [1.807, 2.05) is 48.8 Å². The number of imidazole rings is 1. The fourth-order valence-electron chi connectivity index (χ4n) is 2.99. The average Bonchev–Trinajstić information content (AvgIpc) is 3.33. The zero-order chi connectivity index (χ0) is 17.7. The van der Waals surface area contributed by atoms with E-state index < -0.39 is 0 Å². The molecule has 9 heteroatoms. The minimum Gasteiger partial charge on any atom is -0.454 e. The predicted octanol–water partition coefficient (Wildman–Crippen LogP) is 5.58. The van der Waals surface area contributed by atoms with Gasteiger partial charge in [0.1, 0.15) is 5.69 Å². The van der Waals surface area contributed by atoms with Gasteiger partial charge in [0.2, 0.25) is 6.79 Å². The summed E-state index contributed by atoms with van der Waals surface area (Å²) in [4.78, 5) is 9.39. The number of nitrogens with one attached hydrogen (secondary N) is 1. The van der Waals surface area contributed by atoms with Gasteiger partial charge >= 0.3 is 0 Å². The third kappa shape index (κ3) is 3.19. The fraction of sp³-hybridized carbons (Fsp3) is 0.111. The zero-order valence-electron chi connectivity index (χ0n) is 14.1. The molecule has 0 saturated heterocycles. The molecule has 1 aliphatic rings. The Morgan fingerprint density at radius 1 is 1.19 bits per heavy atom. The number of fused-ring (bicyclic) bond motifs is 2. The summed E-state index contributed by atoms with van der Waals surface area (Å²) < 4.78 is 13.8. The van der Waals surface area contributed by atoms with Gasteiger partial charge in [0, 0.05) is 23.3 Å². The SMILES string of the molecule is Br.Cc1nc2c(Br)cccn2c1-c1csc(Nc2ccc3c(c2)OCO3)n1. The van der Waals surface area contributed by atoms with Gasteiger partial charge in [-0.25, -0.2) is 9.97 Å². The maximum atomic E-state index is 5.42. The van der Waals surface area contributed by atoms with Crippen molar-refractivity contribution in [2.75, 3.05) is 12.1 Å². The van der Waals surface area contributed by atoms with Gasteiger partial charge in [0.25, 0.3) is 0 Å². The van der Waals surface area contributed by atoms with E-state index in [0.717, 1.165) is 49.5 Å². The quantitative estimate of drug-likeness (QED) is 0.390. The molecule has 4 heterocycles. The van der Waals surface area contributed by atoms with E-state index in [4.69, 9.17) is 14.5 Å². The Kier molecular flexibility index (Phi) is 4.83. The molecule has 4 aromatic rings. The van der Waals surface area contributed by atoms with Crippen LogP contribution in [0.3, 0.4) is 0 Å². The molecule has 3 aromatic heterocycles. The third-order valence-electron chi connectivity index (χ3n) is 4.15. The van der Waals surface area contributed by atoms with Crippen molar-refractivity contribution in [1.82, 2.24) is 14.4 Å². The molecule has 1 N–H and O–H groups in total. The summed E-state index contributed by atoms with van der Waals surface area (Å²) in [6, 6.07) is 9.73. The minimum absolute atomic E-state index is 0. The van der Waals surface area contributed by atoms with Crippen molar-refractivity contribution in [1.29, 1.82) is 0 Å². The van der Waals surface area contributed by atoms with Crippen LogP contribution in [0.2, 0.25) is 0 Å². The molecule has 0 aliphatic carbocycles. The molecule has 0 bridgehead atoms. The van der Waals surface area contributed by atoms with Gasteiger partial charge in [-0.3, -0.25) is 4.40 Å². The van der Waals surface area contributed by atoms with E-state index in [-0.39, 0.29) is 23.8 Å². The fourth-order valence-corrected chi connectivity index (χ4v) is 4.14. The van der Waals surface area contributed by atoms with Crippen LogP contribution in [0.4, 0.5) is 10.8 Å². The number of ether oxygens (including phenoxy) is 2. The van der Waals surface area contributed by atoms with Gasteiger partial charge in [-0.15, -0.1) is 28.3 Å². The molecule has 0 unspecified atom stereocenters. The van der Waals surface area contributed by atoms with Gasteiger partial charge in [-0.2, -0.15) is 0 Å². The van der Waals surface area contributed by atoms with Crippen LogP contribution in [-0.4, -0.2) is 21.2 Å². The summed E-state index contributed by atoms with van der Waals surface area (Å²) in [5.41, 5.74) is 4.63. The first-order valence-corrected chi connectivity index (χ1v) is 9.62. The molecule has 138 valence electrons. The predicted molar refractivity (Wildman–Crippen MR) is 115 cm³/mol. The molecular weight excluding hydrogens is 496 g/mol. The van der Waals surface area contributed by atoms with Crippen molar-refractivity contribution < 1.29 is 9.47 Å². The number of rotatable bonds is 3. The molecule has 0 atom stereocenters. The number of anilines is 2. The molecular formula is C18H14Br2N4O2S. The second-order valence-electron chi connectivity index (χ2n) is 5.83. The Morgan fingerprint density at radius 3 is 2.93 bits per heavy atom. The first kappa shape index (κ1) is 18.3. The summed E-state index contributed by atoms with van der Waals surface area (Å²) in [6.07, 6.45) is 2.00. The van der Waals surface area contributed by atoms with Gasteiger partial charge in [-0.05, 0) is 47.1 Å². The molecule has 1 aromatic carbocycles. The molecule has 5 rings (SSSR count). The number of aryl methyl sites for hydroxylation is 1. The van der Waals surface area contributed by atoms with Crippen LogP contribution in [0.15, 0.2) is 46.4 Å². The Balaban J connectivity index is 0.00000180. The highest BCUT2D eigenvalue weighted by molar-refractivity contribution is 9.10. The number of nitrogens with zero attached hydrogens (tertiary/aromatic N) is 3. The van der Waals surface area contributed by atoms with Crippen LogP contribution in [0, 0.1) is 6.92 Å². The molecule has 0 amide bonds. The molecule has 0 radical (unpaired) electrons. The van der Waals surface area contributed by atoms with E-state index >= 15 is 0 Å². The highest BCUT2D eigenvalue weighted by Crippen LogP contribution is 2.36. The largest absolute Gasteiger partial charge is 0.454 e. The lowest BCUT2D eigenvalue weighted by atomic mass is 10.3. The molecule has 1 aliphatic heterocycles. The lowest BCUT2D eigenvalue weighted by molar-refractivity contribution is 0.174. The smallest absolute Gasteiger partial charge is 0.231 e. The number of pyridine rings is 1. The first-order chi connectivity index (χ1) is 12.7. The number of hydrogen-bond acceptors (Lipinski definition) is 6. The minimum atomic E-state index is 0. The van der Waals surface area contributed by atoms with Gasteiger partial charge in [0.15, 0.2) is 22.3 Å². The van der Waals surface area contributed by atoms with E-state index in [1.54, 1.807) is 11.3 Å². The van der Waals surface area contributed by atoms with Crippen LogP contribution in [0.25, 0.3) is 17.0 Å². The Bertz CT molecular complexity index is 1140. The standard InChI is InChI=1S/C18H13BrN4O2S.BrH/c1-10-16(23-6-2-3-12(19)17(23)20-10)13-8-26-18(22-13)21-11-4-5-14-15(7-11)25-9-24-14;/h2-8H,9H2,1H3,(H,21,22);1H. The number of aromatic nitrogens is 3. The number of thiazole rings is 1. The van der Waals surface area contributed by atoms with Gasteiger partial charge in [-0.1, -0.05) is 0 Å². The van der Waals surface area contributed by atoms with Crippen LogP contribution in [-0.2, 0) is 0 Å². The molecule has 0 fully saturated rings. The molecule has 0 spiro atoms. The normalized spacial score (nSPS) is 12.2. The van der Waals surface area contributed by atoms with E-state index in [0.29, 0.717) is 0 Å². The summed E-state index contributed by atoms with van der Waals surface area (Å²) in [5, 5.41) is 6.17. The number of hydrogen-bond donors (Lipinski definition) is 1. The van der Waals surface area contributed by atoms with Crippen LogP contribution >= 0.6 is 44.2 Å². The van der Waals surface area contributed by atoms with Crippen molar-refractivity contribution in [2.45, 2.75) is 6.92 Å². The Labute approximate surface area is 178 Å².